The van der Waals surface area contributed by atoms with E-state index in [-0.39, 0.29) is 17.1 Å². The highest BCUT2D eigenvalue weighted by Gasteiger charge is 2.25. The molecule has 0 fully saturated rings. The van der Waals surface area contributed by atoms with Crippen molar-refractivity contribution in [2.75, 3.05) is 20.3 Å². The third-order valence-electron chi connectivity index (χ3n) is 3.42. The number of hydrogen-bond donors (Lipinski definition) is 1. The number of nitrogens with one attached hydrogen (secondary N) is 1. The molecule has 0 unspecified atom stereocenters. The average Bonchev–Trinajstić information content (AvgIpc) is 2.42. The van der Waals surface area contributed by atoms with Crippen LogP contribution in [0, 0.1) is 0 Å². The van der Waals surface area contributed by atoms with Gasteiger partial charge in [0, 0.05) is 43.8 Å². The first kappa shape index (κ1) is 16.5. The predicted molar refractivity (Wildman–Crippen MR) is 82.8 cm³/mol. The summed E-state index contributed by atoms with van der Waals surface area (Å²) < 4.78 is 6.40. The first-order chi connectivity index (χ1) is 10.3. The van der Waals surface area contributed by atoms with Gasteiger partial charge in [-0.1, -0.05) is 0 Å². The fourth-order valence-corrected chi connectivity index (χ4v) is 2.35. The monoisotopic (exact) mass is 308 g/mol. The fraction of sp³-hybridized carbons (Fsp3) is 0.667. The molecule has 2 heterocycles. The topological polar surface area (TPSA) is 76.5 Å². The van der Waals surface area contributed by atoms with E-state index >= 15 is 0 Å². The molecule has 1 aliphatic rings. The summed E-state index contributed by atoms with van der Waals surface area (Å²) in [7, 11) is 1.59. The maximum absolute atomic E-state index is 12.2. The first-order valence-electron chi connectivity index (χ1n) is 7.46. The van der Waals surface area contributed by atoms with Gasteiger partial charge in [-0.25, -0.2) is 9.48 Å². The summed E-state index contributed by atoms with van der Waals surface area (Å²) in [5, 5.41) is 7.32. The number of rotatable bonds is 3. The molecule has 7 nitrogen and oxygen atoms in total. The Kier molecular flexibility index (Phi) is 4.85. The Morgan fingerprint density at radius 3 is 2.82 bits per heavy atom. The number of fused-ring (bicyclic) bond motifs is 1. The Bertz CT molecular complexity index is 604. The second-order valence-electron chi connectivity index (χ2n) is 6.52. The van der Waals surface area contributed by atoms with Crippen LogP contribution in [0.1, 0.15) is 32.0 Å². The molecular weight excluding hydrogens is 284 g/mol. The van der Waals surface area contributed by atoms with E-state index in [1.54, 1.807) is 18.1 Å². The van der Waals surface area contributed by atoms with Crippen LogP contribution in [0.25, 0.3) is 0 Å². The van der Waals surface area contributed by atoms with E-state index in [9.17, 15) is 9.59 Å². The van der Waals surface area contributed by atoms with Gasteiger partial charge in [0.25, 0.3) is 5.56 Å². The Balaban J connectivity index is 2.12. The molecule has 0 atom stereocenters. The van der Waals surface area contributed by atoms with Crippen molar-refractivity contribution in [3.8, 4) is 0 Å². The van der Waals surface area contributed by atoms with E-state index in [2.05, 4.69) is 10.4 Å². The Morgan fingerprint density at radius 2 is 2.18 bits per heavy atom. The van der Waals surface area contributed by atoms with Gasteiger partial charge in [-0.3, -0.25) is 4.79 Å². The summed E-state index contributed by atoms with van der Waals surface area (Å²) >= 11 is 0. The van der Waals surface area contributed by atoms with Crippen LogP contribution >= 0.6 is 0 Å². The first-order valence-corrected chi connectivity index (χ1v) is 7.46. The van der Waals surface area contributed by atoms with Crippen molar-refractivity contribution in [3.05, 3.63) is 27.7 Å². The van der Waals surface area contributed by atoms with Crippen molar-refractivity contribution in [2.24, 2.45) is 0 Å². The van der Waals surface area contributed by atoms with Gasteiger partial charge in [-0.15, -0.1) is 0 Å². The molecule has 0 spiro atoms. The maximum Gasteiger partial charge on any atom is 0.318 e. The summed E-state index contributed by atoms with van der Waals surface area (Å²) in [5.41, 5.74) is 1.28. The van der Waals surface area contributed by atoms with Crippen LogP contribution in [0.15, 0.2) is 10.9 Å². The molecule has 2 amide bonds. The van der Waals surface area contributed by atoms with Gasteiger partial charge in [0.1, 0.15) is 0 Å². The van der Waals surface area contributed by atoms with Crippen LogP contribution in [0.3, 0.4) is 0 Å². The predicted octanol–water partition coefficient (Wildman–Crippen LogP) is 0.756. The van der Waals surface area contributed by atoms with Crippen LogP contribution in [0.2, 0.25) is 0 Å². The number of carbonyl (C=O) groups excluding carboxylic acids is 1. The Hall–Kier alpha value is -1.89. The number of hydrogen-bond acceptors (Lipinski definition) is 4. The lowest BCUT2D eigenvalue weighted by Gasteiger charge is -2.31. The van der Waals surface area contributed by atoms with Crippen molar-refractivity contribution in [3.63, 3.8) is 0 Å². The molecule has 0 saturated heterocycles. The van der Waals surface area contributed by atoms with Crippen molar-refractivity contribution in [1.82, 2.24) is 20.0 Å². The van der Waals surface area contributed by atoms with Crippen LogP contribution in [0.5, 0.6) is 0 Å². The molecule has 0 saturated carbocycles. The molecule has 0 aliphatic carbocycles. The summed E-state index contributed by atoms with van der Waals surface area (Å²) in [5.74, 6) is 0. The summed E-state index contributed by atoms with van der Waals surface area (Å²) in [6.07, 6.45) is 0.653. The number of aromatic nitrogens is 2. The van der Waals surface area contributed by atoms with E-state index in [0.717, 1.165) is 11.3 Å². The molecule has 0 radical (unpaired) electrons. The van der Waals surface area contributed by atoms with Gasteiger partial charge >= 0.3 is 6.03 Å². The van der Waals surface area contributed by atoms with Gasteiger partial charge in [0.15, 0.2) is 0 Å². The van der Waals surface area contributed by atoms with E-state index in [1.807, 2.05) is 20.8 Å². The average molecular weight is 308 g/mol. The molecule has 1 aromatic heterocycles. The Morgan fingerprint density at radius 1 is 1.45 bits per heavy atom. The van der Waals surface area contributed by atoms with Crippen LogP contribution < -0.4 is 10.9 Å². The largest absolute Gasteiger partial charge is 0.383 e. The zero-order valence-corrected chi connectivity index (χ0v) is 13.7. The van der Waals surface area contributed by atoms with E-state index < -0.39 is 0 Å². The van der Waals surface area contributed by atoms with Crippen LogP contribution in [-0.4, -0.2) is 46.5 Å². The second-order valence-corrected chi connectivity index (χ2v) is 6.52. The fourth-order valence-electron chi connectivity index (χ4n) is 2.35. The lowest BCUT2D eigenvalue weighted by atomic mass is 10.1. The van der Waals surface area contributed by atoms with Crippen molar-refractivity contribution in [2.45, 2.75) is 45.8 Å². The van der Waals surface area contributed by atoms with E-state index in [1.165, 1.54) is 4.68 Å². The molecule has 0 bridgehead atoms. The number of ether oxygens (including phenoxy) is 1. The SMILES string of the molecule is COCCn1nc2c(cc1=O)CN(C(=O)NC(C)(C)C)CC2. The minimum absolute atomic E-state index is 0.110. The maximum atomic E-state index is 12.2. The molecule has 0 aromatic carbocycles. The third-order valence-corrected chi connectivity index (χ3v) is 3.42. The van der Waals surface area contributed by atoms with Crippen molar-refractivity contribution < 1.29 is 9.53 Å². The molecule has 1 N–H and O–H groups in total. The van der Waals surface area contributed by atoms with Gasteiger partial charge in [0.2, 0.25) is 0 Å². The van der Waals surface area contributed by atoms with Gasteiger partial charge < -0.3 is 15.0 Å². The molecule has 122 valence electrons. The zero-order chi connectivity index (χ0) is 16.3. The molecular formula is C15H24N4O3. The van der Waals surface area contributed by atoms with E-state index in [0.29, 0.717) is 32.7 Å². The number of urea groups is 1. The van der Waals surface area contributed by atoms with Crippen molar-refractivity contribution in [1.29, 1.82) is 0 Å². The third kappa shape index (κ3) is 4.07. The van der Waals surface area contributed by atoms with Gasteiger partial charge in [0.05, 0.1) is 18.8 Å². The molecule has 1 aromatic rings. The lowest BCUT2D eigenvalue weighted by molar-refractivity contribution is 0.177. The van der Waals surface area contributed by atoms with Gasteiger partial charge in [-0.05, 0) is 20.8 Å². The van der Waals surface area contributed by atoms with Crippen LogP contribution in [-0.2, 0) is 24.2 Å². The van der Waals surface area contributed by atoms with Gasteiger partial charge in [-0.2, -0.15) is 5.10 Å². The molecule has 22 heavy (non-hydrogen) atoms. The minimum Gasteiger partial charge on any atom is -0.383 e. The minimum atomic E-state index is -0.279. The van der Waals surface area contributed by atoms with Crippen molar-refractivity contribution >= 4 is 6.03 Å². The molecule has 1 aliphatic heterocycles. The normalized spacial score (nSPS) is 14.6. The number of amides is 2. The highest BCUT2D eigenvalue weighted by atomic mass is 16.5. The second kappa shape index (κ2) is 6.48. The summed E-state index contributed by atoms with van der Waals surface area (Å²) in [6.45, 7) is 7.74. The number of carbonyl (C=O) groups is 1. The van der Waals surface area contributed by atoms with E-state index in [4.69, 9.17) is 4.74 Å². The summed E-state index contributed by atoms with van der Waals surface area (Å²) in [4.78, 5) is 26.0. The Labute approximate surface area is 130 Å². The quantitative estimate of drug-likeness (QED) is 0.894. The highest BCUT2D eigenvalue weighted by molar-refractivity contribution is 5.75. The number of methoxy groups -OCH3 is 1. The molecule has 2 rings (SSSR count). The smallest absolute Gasteiger partial charge is 0.318 e. The lowest BCUT2D eigenvalue weighted by Crippen LogP contribution is -2.50. The zero-order valence-electron chi connectivity index (χ0n) is 13.7. The number of nitrogens with zero attached hydrogens (tertiary/aromatic N) is 3. The standard InChI is InChI=1S/C15H24N4O3/c1-15(2,3)16-14(21)18-6-5-12-11(10-18)9-13(20)19(17-12)7-8-22-4/h9H,5-8,10H2,1-4H3,(H,16,21). The molecule has 7 heteroatoms. The van der Waals surface area contributed by atoms with Crippen LogP contribution in [0.4, 0.5) is 4.79 Å². The highest BCUT2D eigenvalue weighted by Crippen LogP contribution is 2.15. The summed E-state index contributed by atoms with van der Waals surface area (Å²) in [6, 6.07) is 1.47.